The molecule has 0 radical (unpaired) electrons. The summed E-state index contributed by atoms with van der Waals surface area (Å²) in [6.45, 7) is 0. The van der Waals surface area contributed by atoms with Gasteiger partial charge in [-0.3, -0.25) is 9.59 Å². The molecule has 2 rings (SSSR count). The largest absolute Gasteiger partial charge is 0.480 e. The summed E-state index contributed by atoms with van der Waals surface area (Å²) in [7, 11) is 0. The van der Waals surface area contributed by atoms with Crippen LogP contribution in [0.25, 0.3) is 0 Å². The highest BCUT2D eigenvalue weighted by Gasteiger charge is 2.51. The first kappa shape index (κ1) is 10.3. The number of aliphatic carboxylic acids is 1. The van der Waals surface area contributed by atoms with E-state index in [2.05, 4.69) is 15.5 Å². The van der Waals surface area contributed by atoms with Crippen molar-refractivity contribution in [1.29, 1.82) is 0 Å². The fraction of sp³-hybridized carbons (Fsp3) is 0.333. The standard InChI is InChI=1S/C9H9N3O4/c13-6-3-5(4-10-12-6)7(14)11-9(1-2-9)8(15)16/h3-4H,1-2H2,(H,11,14)(H,12,13)(H,15,16). The Balaban J connectivity index is 2.15. The second-order valence-electron chi connectivity index (χ2n) is 3.68. The van der Waals surface area contributed by atoms with Crippen LogP contribution in [0, 0.1) is 0 Å². The van der Waals surface area contributed by atoms with E-state index in [1.54, 1.807) is 0 Å². The van der Waals surface area contributed by atoms with Crippen LogP contribution in [0.15, 0.2) is 17.1 Å². The summed E-state index contributed by atoms with van der Waals surface area (Å²) >= 11 is 0. The summed E-state index contributed by atoms with van der Waals surface area (Å²) in [6.07, 6.45) is 1.99. The maximum Gasteiger partial charge on any atom is 0.329 e. The fourth-order valence-electron chi connectivity index (χ4n) is 1.31. The predicted molar refractivity (Wildman–Crippen MR) is 51.9 cm³/mol. The number of carboxylic acids is 1. The number of H-pyrrole nitrogens is 1. The molecule has 1 fully saturated rings. The third kappa shape index (κ3) is 1.79. The van der Waals surface area contributed by atoms with Crippen molar-refractivity contribution >= 4 is 11.9 Å². The molecule has 1 heterocycles. The Kier molecular flexibility index (Phi) is 2.22. The van der Waals surface area contributed by atoms with E-state index >= 15 is 0 Å². The monoisotopic (exact) mass is 223 g/mol. The van der Waals surface area contributed by atoms with E-state index in [4.69, 9.17) is 5.11 Å². The molecule has 0 atom stereocenters. The first-order valence-electron chi connectivity index (χ1n) is 4.64. The number of nitrogens with zero attached hydrogens (tertiary/aromatic N) is 1. The van der Waals surface area contributed by atoms with E-state index in [0.29, 0.717) is 12.8 Å². The summed E-state index contributed by atoms with van der Waals surface area (Å²) in [5, 5.41) is 16.8. The zero-order chi connectivity index (χ0) is 11.8. The van der Waals surface area contributed by atoms with E-state index in [0.717, 1.165) is 6.07 Å². The Labute approximate surface area is 89.5 Å². The topological polar surface area (TPSA) is 112 Å². The number of rotatable bonds is 3. The summed E-state index contributed by atoms with van der Waals surface area (Å²) in [4.78, 5) is 33.3. The van der Waals surface area contributed by atoms with Gasteiger partial charge in [0, 0.05) is 6.07 Å². The lowest BCUT2D eigenvalue weighted by molar-refractivity contribution is -0.140. The maximum atomic E-state index is 11.6. The van der Waals surface area contributed by atoms with Gasteiger partial charge in [0.15, 0.2) is 0 Å². The number of hydrogen-bond acceptors (Lipinski definition) is 4. The molecule has 1 amide bonds. The summed E-state index contributed by atoms with van der Waals surface area (Å²) in [6, 6.07) is 1.07. The van der Waals surface area contributed by atoms with Crippen LogP contribution < -0.4 is 10.9 Å². The van der Waals surface area contributed by atoms with Gasteiger partial charge in [-0.1, -0.05) is 0 Å². The summed E-state index contributed by atoms with van der Waals surface area (Å²) < 4.78 is 0. The minimum atomic E-state index is -1.15. The van der Waals surface area contributed by atoms with Crippen molar-refractivity contribution in [2.45, 2.75) is 18.4 Å². The molecule has 7 heteroatoms. The van der Waals surface area contributed by atoms with E-state index in [9.17, 15) is 14.4 Å². The molecule has 7 nitrogen and oxygen atoms in total. The second kappa shape index (κ2) is 3.44. The Hall–Kier alpha value is -2.18. The van der Waals surface area contributed by atoms with E-state index in [1.807, 2.05) is 0 Å². The highest BCUT2D eigenvalue weighted by molar-refractivity contribution is 5.98. The van der Waals surface area contributed by atoms with E-state index in [-0.39, 0.29) is 5.56 Å². The molecule has 1 saturated carbocycles. The van der Waals surface area contributed by atoms with Crippen molar-refractivity contribution in [3.8, 4) is 0 Å². The SMILES string of the molecule is O=C(NC1(C(=O)O)CC1)c1cn[nH]c(=O)c1. The van der Waals surface area contributed by atoms with Gasteiger partial charge in [0.2, 0.25) is 0 Å². The molecule has 0 saturated heterocycles. The lowest BCUT2D eigenvalue weighted by atomic mass is 10.2. The molecule has 84 valence electrons. The zero-order valence-electron chi connectivity index (χ0n) is 8.19. The van der Waals surface area contributed by atoms with Gasteiger partial charge in [-0.2, -0.15) is 5.10 Å². The van der Waals surface area contributed by atoms with E-state index < -0.39 is 23.0 Å². The molecule has 1 aliphatic rings. The molecule has 16 heavy (non-hydrogen) atoms. The van der Waals surface area contributed by atoms with Crippen LogP contribution in [0.5, 0.6) is 0 Å². The van der Waals surface area contributed by atoms with Gasteiger partial charge in [-0.25, -0.2) is 9.89 Å². The zero-order valence-corrected chi connectivity index (χ0v) is 8.19. The van der Waals surface area contributed by atoms with Crippen LogP contribution in [0.1, 0.15) is 23.2 Å². The Morgan fingerprint density at radius 2 is 2.19 bits per heavy atom. The van der Waals surface area contributed by atoms with Gasteiger partial charge in [0.25, 0.3) is 11.5 Å². The average molecular weight is 223 g/mol. The fourth-order valence-corrected chi connectivity index (χ4v) is 1.31. The normalized spacial score (nSPS) is 16.5. The first-order valence-corrected chi connectivity index (χ1v) is 4.64. The number of carbonyl (C=O) groups excluding carboxylic acids is 1. The van der Waals surface area contributed by atoms with Gasteiger partial charge in [0.05, 0.1) is 11.8 Å². The number of aromatic amines is 1. The molecular formula is C9H9N3O4. The minimum absolute atomic E-state index is 0.0521. The molecule has 0 aliphatic heterocycles. The molecule has 3 N–H and O–H groups in total. The van der Waals surface area contributed by atoms with Gasteiger partial charge in [0.1, 0.15) is 5.54 Å². The average Bonchev–Trinajstić information content (AvgIpc) is 2.99. The quantitative estimate of drug-likeness (QED) is 0.615. The Bertz CT molecular complexity index is 503. The van der Waals surface area contributed by atoms with Crippen molar-refractivity contribution in [3.05, 3.63) is 28.2 Å². The Morgan fingerprint density at radius 1 is 1.50 bits per heavy atom. The molecule has 1 aromatic heterocycles. The number of nitrogens with one attached hydrogen (secondary N) is 2. The number of carbonyl (C=O) groups is 2. The third-order valence-electron chi connectivity index (χ3n) is 2.44. The molecule has 1 aliphatic carbocycles. The molecule has 0 aromatic carbocycles. The lowest BCUT2D eigenvalue weighted by Gasteiger charge is -2.11. The van der Waals surface area contributed by atoms with Crippen molar-refractivity contribution in [2.24, 2.45) is 0 Å². The van der Waals surface area contributed by atoms with Crippen LogP contribution in [0.2, 0.25) is 0 Å². The number of carboxylic acid groups (broad SMARTS) is 1. The number of hydrogen-bond donors (Lipinski definition) is 3. The highest BCUT2D eigenvalue weighted by Crippen LogP contribution is 2.35. The van der Waals surface area contributed by atoms with Gasteiger partial charge < -0.3 is 10.4 Å². The van der Waals surface area contributed by atoms with E-state index in [1.165, 1.54) is 6.20 Å². The Morgan fingerprint density at radius 3 is 2.69 bits per heavy atom. The molecule has 0 unspecified atom stereocenters. The van der Waals surface area contributed by atoms with Crippen LogP contribution in [0.3, 0.4) is 0 Å². The summed E-state index contributed by atoms with van der Waals surface area (Å²) in [5.74, 6) is -1.66. The highest BCUT2D eigenvalue weighted by atomic mass is 16.4. The molecule has 0 bridgehead atoms. The number of aromatic nitrogens is 2. The molecule has 0 spiro atoms. The predicted octanol–water partition coefficient (Wildman–Crippen LogP) is -0.883. The molecular weight excluding hydrogens is 214 g/mol. The van der Waals surface area contributed by atoms with Crippen LogP contribution in [-0.2, 0) is 4.79 Å². The maximum absolute atomic E-state index is 11.6. The van der Waals surface area contributed by atoms with Gasteiger partial charge in [-0.15, -0.1) is 0 Å². The van der Waals surface area contributed by atoms with Gasteiger partial charge >= 0.3 is 5.97 Å². The first-order chi connectivity index (χ1) is 7.53. The lowest BCUT2D eigenvalue weighted by Crippen LogP contribution is -2.43. The van der Waals surface area contributed by atoms with Crippen LogP contribution >= 0.6 is 0 Å². The minimum Gasteiger partial charge on any atom is -0.480 e. The van der Waals surface area contributed by atoms with Gasteiger partial charge in [-0.05, 0) is 12.8 Å². The van der Waals surface area contributed by atoms with Crippen molar-refractivity contribution in [1.82, 2.24) is 15.5 Å². The van der Waals surface area contributed by atoms with Crippen LogP contribution in [0.4, 0.5) is 0 Å². The van der Waals surface area contributed by atoms with Crippen molar-refractivity contribution in [2.75, 3.05) is 0 Å². The van der Waals surface area contributed by atoms with Crippen molar-refractivity contribution < 1.29 is 14.7 Å². The van der Waals surface area contributed by atoms with Crippen LogP contribution in [-0.4, -0.2) is 32.7 Å². The number of amides is 1. The molecule has 1 aromatic rings. The second-order valence-corrected chi connectivity index (χ2v) is 3.68. The third-order valence-corrected chi connectivity index (χ3v) is 2.44. The summed E-state index contributed by atoms with van der Waals surface area (Å²) in [5.41, 5.74) is -1.61. The van der Waals surface area contributed by atoms with Crippen molar-refractivity contribution in [3.63, 3.8) is 0 Å². The smallest absolute Gasteiger partial charge is 0.329 e.